The topological polar surface area (TPSA) is 23.6 Å². The molecule has 1 aliphatic heterocycles. The minimum Gasteiger partial charge on any atom is -0.336 e. The predicted molar refractivity (Wildman–Crippen MR) is 92.4 cm³/mol. The molecule has 0 spiro atoms. The second-order valence-corrected chi connectivity index (χ2v) is 6.01. The lowest BCUT2D eigenvalue weighted by molar-refractivity contribution is 0.0664. The van der Waals surface area contributed by atoms with Gasteiger partial charge in [0.1, 0.15) is 0 Å². The van der Waals surface area contributed by atoms with Crippen LogP contribution in [-0.2, 0) is 12.8 Å². The first-order chi connectivity index (χ1) is 10.6. The molecule has 1 fully saturated rings. The molecule has 1 aromatic rings. The summed E-state index contributed by atoms with van der Waals surface area (Å²) in [6, 6.07) is 6.20. The van der Waals surface area contributed by atoms with Gasteiger partial charge >= 0.3 is 0 Å². The van der Waals surface area contributed by atoms with E-state index in [0.29, 0.717) is 0 Å². The molecular weight excluding hydrogens is 272 g/mol. The highest BCUT2D eigenvalue weighted by Gasteiger charge is 2.21. The Labute approximate surface area is 134 Å². The van der Waals surface area contributed by atoms with Gasteiger partial charge in [0.05, 0.1) is 0 Å². The number of piperazine rings is 1. The summed E-state index contributed by atoms with van der Waals surface area (Å²) in [5.74, 6) is 0.185. The fourth-order valence-electron chi connectivity index (χ4n) is 3.03. The largest absolute Gasteiger partial charge is 0.336 e. The highest BCUT2D eigenvalue weighted by molar-refractivity contribution is 5.94. The summed E-state index contributed by atoms with van der Waals surface area (Å²) in [5, 5.41) is 0. The lowest BCUT2D eigenvalue weighted by atomic mass is 9.87. The molecule has 0 N–H and O–H groups in total. The quantitative estimate of drug-likeness (QED) is 0.744. The summed E-state index contributed by atoms with van der Waals surface area (Å²) in [6.45, 7) is 11.7. The zero-order valence-corrected chi connectivity index (χ0v) is 14.2. The monoisotopic (exact) mass is 300 g/mol. The van der Waals surface area contributed by atoms with Crippen molar-refractivity contribution in [2.24, 2.45) is 0 Å². The predicted octanol–water partition coefficient (Wildman–Crippen LogP) is 3.15. The number of benzene rings is 1. The van der Waals surface area contributed by atoms with Crippen molar-refractivity contribution in [2.75, 3.05) is 33.2 Å². The number of hydrogen-bond donors (Lipinski definition) is 0. The first-order valence-electron chi connectivity index (χ1n) is 8.40. The lowest BCUT2D eigenvalue weighted by Gasteiger charge is -2.32. The molecule has 120 valence electrons. The van der Waals surface area contributed by atoms with Gasteiger partial charge in [0.25, 0.3) is 5.91 Å². The number of likely N-dealkylation sites (N-methyl/N-ethyl adjacent to an activating group) is 1. The smallest absolute Gasteiger partial charge is 0.253 e. The summed E-state index contributed by atoms with van der Waals surface area (Å²) in [7, 11) is 2.10. The van der Waals surface area contributed by atoms with E-state index in [-0.39, 0.29) is 5.91 Å². The van der Waals surface area contributed by atoms with Gasteiger partial charge in [0.2, 0.25) is 0 Å². The summed E-state index contributed by atoms with van der Waals surface area (Å²) in [4.78, 5) is 16.8. The number of carbonyl (C=O) groups is 1. The molecule has 3 heteroatoms. The average Bonchev–Trinajstić information content (AvgIpc) is 2.56. The number of fused-ring (bicyclic) bond motifs is 1. The highest BCUT2D eigenvalue weighted by Crippen LogP contribution is 2.25. The first kappa shape index (κ1) is 16.8. The molecule has 1 saturated heterocycles. The molecule has 0 radical (unpaired) electrons. The van der Waals surface area contributed by atoms with E-state index in [1.807, 2.05) is 24.8 Å². The van der Waals surface area contributed by atoms with E-state index in [4.69, 9.17) is 0 Å². The minimum absolute atomic E-state index is 0.185. The molecule has 22 heavy (non-hydrogen) atoms. The van der Waals surface area contributed by atoms with Crippen LogP contribution in [-0.4, -0.2) is 48.9 Å². The molecule has 3 nitrogen and oxygen atoms in total. The lowest BCUT2D eigenvalue weighted by Crippen LogP contribution is -2.47. The van der Waals surface area contributed by atoms with E-state index >= 15 is 0 Å². The van der Waals surface area contributed by atoms with Crippen molar-refractivity contribution >= 4 is 5.91 Å². The van der Waals surface area contributed by atoms with Gasteiger partial charge in [-0.2, -0.15) is 0 Å². The van der Waals surface area contributed by atoms with Crippen LogP contribution >= 0.6 is 0 Å². The Morgan fingerprint density at radius 2 is 1.73 bits per heavy atom. The Bertz CT molecular complexity index is 542. The van der Waals surface area contributed by atoms with Crippen molar-refractivity contribution in [1.82, 2.24) is 9.80 Å². The molecule has 1 heterocycles. The van der Waals surface area contributed by atoms with Crippen molar-refractivity contribution in [3.05, 3.63) is 47.0 Å². The van der Waals surface area contributed by atoms with E-state index in [1.54, 1.807) is 0 Å². The maximum absolute atomic E-state index is 12.5. The molecule has 0 bridgehead atoms. The number of amides is 1. The average molecular weight is 300 g/mol. The molecule has 0 saturated carbocycles. The van der Waals surface area contributed by atoms with Crippen molar-refractivity contribution in [2.45, 2.75) is 33.1 Å². The maximum Gasteiger partial charge on any atom is 0.253 e. The van der Waals surface area contributed by atoms with Crippen LogP contribution in [0.15, 0.2) is 30.4 Å². The van der Waals surface area contributed by atoms with Crippen LogP contribution < -0.4 is 0 Å². The van der Waals surface area contributed by atoms with Crippen molar-refractivity contribution < 1.29 is 4.79 Å². The molecule has 0 atom stereocenters. The third kappa shape index (κ3) is 3.77. The molecule has 1 aliphatic carbocycles. The molecule has 1 amide bonds. The zero-order valence-electron chi connectivity index (χ0n) is 14.2. The SMILES string of the molecule is C=C1CCc2cc(C(=O)N3CCN(C)CC3)ccc2C1.CC. The number of carbonyl (C=O) groups excluding carboxylic acids is 1. The van der Waals surface area contributed by atoms with E-state index < -0.39 is 0 Å². The summed E-state index contributed by atoms with van der Waals surface area (Å²) in [5.41, 5.74) is 4.82. The number of allylic oxidation sites excluding steroid dienone is 1. The van der Waals surface area contributed by atoms with E-state index in [9.17, 15) is 4.79 Å². The molecule has 3 rings (SSSR count). The minimum atomic E-state index is 0.185. The van der Waals surface area contributed by atoms with Crippen LogP contribution in [0.1, 0.15) is 41.8 Å². The van der Waals surface area contributed by atoms with Crippen LogP contribution in [0.4, 0.5) is 0 Å². The zero-order chi connectivity index (χ0) is 16.1. The first-order valence-corrected chi connectivity index (χ1v) is 8.40. The number of nitrogens with zero attached hydrogens (tertiary/aromatic N) is 2. The Hall–Kier alpha value is -1.61. The Kier molecular flexibility index (Phi) is 5.78. The van der Waals surface area contributed by atoms with Gasteiger partial charge in [0, 0.05) is 31.7 Å². The van der Waals surface area contributed by atoms with Gasteiger partial charge in [0.15, 0.2) is 0 Å². The van der Waals surface area contributed by atoms with Crippen LogP contribution in [0.3, 0.4) is 0 Å². The van der Waals surface area contributed by atoms with Crippen LogP contribution in [0.5, 0.6) is 0 Å². The van der Waals surface area contributed by atoms with Crippen LogP contribution in [0.2, 0.25) is 0 Å². The normalized spacial score (nSPS) is 18.3. The van der Waals surface area contributed by atoms with Crippen molar-refractivity contribution in [3.63, 3.8) is 0 Å². The Morgan fingerprint density at radius 1 is 1.05 bits per heavy atom. The Morgan fingerprint density at radius 3 is 2.41 bits per heavy atom. The van der Waals surface area contributed by atoms with Crippen molar-refractivity contribution in [1.29, 1.82) is 0 Å². The van der Waals surface area contributed by atoms with Gasteiger partial charge < -0.3 is 9.80 Å². The molecular formula is C19H28N2O. The van der Waals surface area contributed by atoms with Gasteiger partial charge in [-0.15, -0.1) is 0 Å². The number of aryl methyl sites for hydroxylation is 1. The van der Waals surface area contributed by atoms with E-state index in [2.05, 4.69) is 30.7 Å². The highest BCUT2D eigenvalue weighted by atomic mass is 16.2. The van der Waals surface area contributed by atoms with Crippen LogP contribution in [0.25, 0.3) is 0 Å². The molecule has 2 aliphatic rings. The second-order valence-electron chi connectivity index (χ2n) is 6.01. The summed E-state index contributed by atoms with van der Waals surface area (Å²) < 4.78 is 0. The molecule has 1 aromatic carbocycles. The molecule has 0 aromatic heterocycles. The van der Waals surface area contributed by atoms with E-state index in [1.165, 1.54) is 16.7 Å². The second kappa shape index (κ2) is 7.59. The number of rotatable bonds is 1. The van der Waals surface area contributed by atoms with Gasteiger partial charge in [-0.25, -0.2) is 0 Å². The summed E-state index contributed by atoms with van der Waals surface area (Å²) in [6.07, 6.45) is 3.05. The summed E-state index contributed by atoms with van der Waals surface area (Å²) >= 11 is 0. The number of hydrogen-bond acceptors (Lipinski definition) is 2. The van der Waals surface area contributed by atoms with Gasteiger partial charge in [-0.05, 0) is 49.6 Å². The van der Waals surface area contributed by atoms with Gasteiger partial charge in [-0.3, -0.25) is 4.79 Å². The van der Waals surface area contributed by atoms with Gasteiger partial charge in [-0.1, -0.05) is 32.1 Å². The van der Waals surface area contributed by atoms with Crippen molar-refractivity contribution in [3.8, 4) is 0 Å². The fourth-order valence-corrected chi connectivity index (χ4v) is 3.03. The Balaban J connectivity index is 0.000000847. The third-order valence-electron chi connectivity index (χ3n) is 4.43. The standard InChI is InChI=1S/C17H22N2O.C2H6/c1-13-3-4-15-12-16(6-5-14(15)11-13)17(20)19-9-7-18(2)8-10-19;1-2/h5-6,12H,1,3-4,7-11H2,2H3;1-2H3. The van der Waals surface area contributed by atoms with E-state index in [0.717, 1.165) is 51.0 Å². The molecule has 0 unspecified atom stereocenters. The third-order valence-corrected chi connectivity index (χ3v) is 4.43. The maximum atomic E-state index is 12.5. The fraction of sp³-hybridized carbons (Fsp3) is 0.526. The van der Waals surface area contributed by atoms with Crippen LogP contribution in [0, 0.1) is 0 Å².